The molecule has 0 unspecified atom stereocenters. The van der Waals surface area contributed by atoms with Crippen LogP contribution in [0.2, 0.25) is 0 Å². The first-order valence-corrected chi connectivity index (χ1v) is 8.97. The molecular formula is C21H19BrN2O. The third-order valence-electron chi connectivity index (χ3n) is 4.10. The van der Waals surface area contributed by atoms with Crippen molar-refractivity contribution >= 4 is 38.8 Å². The maximum absolute atomic E-state index is 12.0. The van der Waals surface area contributed by atoms with Crippen molar-refractivity contribution in [3.63, 3.8) is 0 Å². The van der Waals surface area contributed by atoms with Gasteiger partial charge < -0.3 is 0 Å². The Morgan fingerprint density at radius 3 is 2.76 bits per heavy atom. The van der Waals surface area contributed by atoms with Crippen LogP contribution in [-0.4, -0.2) is 12.1 Å². The summed E-state index contributed by atoms with van der Waals surface area (Å²) < 4.78 is 1.03. The Balaban J connectivity index is 1.57. The quantitative estimate of drug-likeness (QED) is 0.480. The standard InChI is InChI=1S/C21H19BrN2O/c1-15-9-10-16(13-20(15)22)14-23-24-21(25)12-11-18-7-4-6-17-5-2-3-8-19(17)18/h2-10,13-14H,11-12H2,1H3,(H,24,25)/b23-14+. The van der Waals surface area contributed by atoms with Gasteiger partial charge in [-0.2, -0.15) is 5.10 Å². The SMILES string of the molecule is Cc1ccc(/C=N/NC(=O)CCc2cccc3ccccc23)cc1Br. The lowest BCUT2D eigenvalue weighted by Gasteiger charge is -2.06. The van der Waals surface area contributed by atoms with Crippen LogP contribution in [0.15, 0.2) is 70.2 Å². The molecule has 0 spiro atoms. The molecule has 0 aliphatic heterocycles. The summed E-state index contributed by atoms with van der Waals surface area (Å²) in [5, 5.41) is 6.44. The van der Waals surface area contributed by atoms with Gasteiger partial charge in [0.15, 0.2) is 0 Å². The first-order valence-electron chi connectivity index (χ1n) is 8.18. The Kier molecular flexibility index (Phi) is 5.61. The second-order valence-electron chi connectivity index (χ2n) is 5.94. The summed E-state index contributed by atoms with van der Waals surface area (Å²) in [7, 11) is 0. The van der Waals surface area contributed by atoms with Gasteiger partial charge in [0.2, 0.25) is 5.91 Å². The number of fused-ring (bicyclic) bond motifs is 1. The Morgan fingerprint density at radius 2 is 1.92 bits per heavy atom. The zero-order valence-corrected chi connectivity index (χ0v) is 15.6. The second-order valence-corrected chi connectivity index (χ2v) is 6.79. The van der Waals surface area contributed by atoms with Gasteiger partial charge >= 0.3 is 0 Å². The van der Waals surface area contributed by atoms with Gasteiger partial charge in [-0.3, -0.25) is 4.79 Å². The number of halogens is 1. The number of aryl methyl sites for hydroxylation is 2. The molecule has 3 nitrogen and oxygen atoms in total. The first-order chi connectivity index (χ1) is 12.1. The van der Waals surface area contributed by atoms with Crippen LogP contribution in [0.1, 0.15) is 23.1 Å². The number of rotatable bonds is 5. The van der Waals surface area contributed by atoms with Crippen molar-refractivity contribution in [2.75, 3.05) is 0 Å². The van der Waals surface area contributed by atoms with Crippen LogP contribution >= 0.6 is 15.9 Å². The van der Waals surface area contributed by atoms with Gasteiger partial charge in [-0.05, 0) is 46.9 Å². The molecule has 1 N–H and O–H groups in total. The molecule has 0 saturated carbocycles. The molecule has 0 aliphatic rings. The van der Waals surface area contributed by atoms with Crippen LogP contribution in [-0.2, 0) is 11.2 Å². The molecule has 0 heterocycles. The van der Waals surface area contributed by atoms with Crippen molar-refractivity contribution in [3.05, 3.63) is 81.8 Å². The number of amides is 1. The number of nitrogens with one attached hydrogen (secondary N) is 1. The van der Waals surface area contributed by atoms with Crippen LogP contribution in [0.25, 0.3) is 10.8 Å². The summed E-state index contributed by atoms with van der Waals surface area (Å²) in [4.78, 5) is 12.0. The number of nitrogens with zero attached hydrogens (tertiary/aromatic N) is 1. The van der Waals surface area contributed by atoms with E-state index in [4.69, 9.17) is 0 Å². The molecule has 3 rings (SSSR count). The monoisotopic (exact) mass is 394 g/mol. The van der Waals surface area contributed by atoms with E-state index < -0.39 is 0 Å². The maximum atomic E-state index is 12.0. The van der Waals surface area contributed by atoms with Crippen molar-refractivity contribution in [3.8, 4) is 0 Å². The van der Waals surface area contributed by atoms with Crippen LogP contribution < -0.4 is 5.43 Å². The molecule has 0 saturated heterocycles. The summed E-state index contributed by atoms with van der Waals surface area (Å²) in [6, 6.07) is 20.4. The molecular weight excluding hydrogens is 376 g/mol. The summed E-state index contributed by atoms with van der Waals surface area (Å²) in [6.07, 6.45) is 2.75. The first kappa shape index (κ1) is 17.4. The van der Waals surface area contributed by atoms with E-state index in [2.05, 4.69) is 50.7 Å². The zero-order chi connectivity index (χ0) is 17.6. The topological polar surface area (TPSA) is 41.5 Å². The molecule has 1 amide bonds. The normalized spacial score (nSPS) is 11.1. The Bertz CT molecular complexity index is 929. The fourth-order valence-corrected chi connectivity index (χ4v) is 3.08. The van der Waals surface area contributed by atoms with Crippen molar-refractivity contribution in [1.29, 1.82) is 0 Å². The van der Waals surface area contributed by atoms with Crippen LogP contribution in [0.3, 0.4) is 0 Å². The maximum Gasteiger partial charge on any atom is 0.240 e. The molecule has 3 aromatic rings. The fourth-order valence-electron chi connectivity index (χ4n) is 2.68. The number of hydrogen-bond donors (Lipinski definition) is 1. The van der Waals surface area contributed by atoms with Crippen LogP contribution in [0.4, 0.5) is 0 Å². The van der Waals surface area contributed by atoms with Gasteiger partial charge in [-0.15, -0.1) is 0 Å². The second kappa shape index (κ2) is 8.08. The van der Waals surface area contributed by atoms with Crippen molar-refractivity contribution in [2.45, 2.75) is 19.8 Å². The molecule has 0 atom stereocenters. The van der Waals surface area contributed by atoms with Gasteiger partial charge in [-0.1, -0.05) is 70.5 Å². The number of benzene rings is 3. The van der Waals surface area contributed by atoms with Crippen molar-refractivity contribution in [2.24, 2.45) is 5.10 Å². The van der Waals surface area contributed by atoms with E-state index in [0.717, 1.165) is 15.6 Å². The van der Waals surface area contributed by atoms with E-state index in [1.165, 1.54) is 16.3 Å². The average molecular weight is 395 g/mol. The predicted molar refractivity (Wildman–Crippen MR) is 107 cm³/mol. The summed E-state index contributed by atoms with van der Waals surface area (Å²) in [6.45, 7) is 2.03. The van der Waals surface area contributed by atoms with Gasteiger partial charge in [0.25, 0.3) is 0 Å². The number of hydrogen-bond acceptors (Lipinski definition) is 2. The van der Waals surface area contributed by atoms with Crippen molar-refractivity contribution < 1.29 is 4.79 Å². The Hall–Kier alpha value is -2.46. The van der Waals surface area contributed by atoms with Crippen LogP contribution in [0.5, 0.6) is 0 Å². The summed E-state index contributed by atoms with van der Waals surface area (Å²) in [5.74, 6) is -0.0876. The Morgan fingerprint density at radius 1 is 1.12 bits per heavy atom. The van der Waals surface area contributed by atoms with E-state index in [1.54, 1.807) is 6.21 Å². The molecule has 0 bridgehead atoms. The number of carbonyl (C=O) groups excluding carboxylic acids is 1. The minimum absolute atomic E-state index is 0.0876. The third-order valence-corrected chi connectivity index (χ3v) is 4.95. The average Bonchev–Trinajstić information content (AvgIpc) is 2.63. The molecule has 25 heavy (non-hydrogen) atoms. The zero-order valence-electron chi connectivity index (χ0n) is 14.0. The highest BCUT2D eigenvalue weighted by Gasteiger charge is 2.04. The minimum Gasteiger partial charge on any atom is -0.273 e. The molecule has 126 valence electrons. The van der Waals surface area contributed by atoms with E-state index in [9.17, 15) is 4.79 Å². The molecule has 0 aliphatic carbocycles. The van der Waals surface area contributed by atoms with Gasteiger partial charge in [0, 0.05) is 10.9 Å². The molecule has 0 aromatic heterocycles. The highest BCUT2D eigenvalue weighted by molar-refractivity contribution is 9.10. The van der Waals surface area contributed by atoms with E-state index in [1.807, 2.05) is 43.3 Å². The third kappa shape index (κ3) is 4.54. The summed E-state index contributed by atoms with van der Waals surface area (Å²) >= 11 is 3.49. The van der Waals surface area contributed by atoms with Gasteiger partial charge in [0.05, 0.1) is 6.21 Å². The lowest BCUT2D eigenvalue weighted by Crippen LogP contribution is -2.17. The van der Waals surface area contributed by atoms with Gasteiger partial charge in [-0.25, -0.2) is 5.43 Å². The van der Waals surface area contributed by atoms with Gasteiger partial charge in [0.1, 0.15) is 0 Å². The largest absolute Gasteiger partial charge is 0.273 e. The summed E-state index contributed by atoms with van der Waals surface area (Å²) in [5.41, 5.74) is 5.88. The number of hydrazone groups is 1. The lowest BCUT2D eigenvalue weighted by molar-refractivity contribution is -0.121. The van der Waals surface area contributed by atoms with E-state index in [0.29, 0.717) is 12.8 Å². The highest BCUT2D eigenvalue weighted by atomic mass is 79.9. The Labute approximate surface area is 155 Å². The lowest BCUT2D eigenvalue weighted by atomic mass is 10.0. The minimum atomic E-state index is -0.0876. The highest BCUT2D eigenvalue weighted by Crippen LogP contribution is 2.19. The van der Waals surface area contributed by atoms with E-state index >= 15 is 0 Å². The molecule has 4 heteroatoms. The molecule has 0 fully saturated rings. The molecule has 3 aromatic carbocycles. The fraction of sp³-hybridized carbons (Fsp3) is 0.143. The number of carbonyl (C=O) groups is 1. The predicted octanol–water partition coefficient (Wildman–Crippen LogP) is 4.99. The van der Waals surface area contributed by atoms with Crippen LogP contribution in [0, 0.1) is 6.92 Å². The smallest absolute Gasteiger partial charge is 0.240 e. The van der Waals surface area contributed by atoms with Crippen molar-refractivity contribution in [1.82, 2.24) is 5.43 Å². The molecule has 0 radical (unpaired) electrons. The van der Waals surface area contributed by atoms with E-state index in [-0.39, 0.29) is 5.91 Å².